The maximum absolute atomic E-state index is 12.0. The Bertz CT molecular complexity index is 543. The molecule has 1 aliphatic rings. The predicted octanol–water partition coefficient (Wildman–Crippen LogP) is 0.994. The molecule has 0 bridgehead atoms. The minimum Gasteiger partial charge on any atom is -0.484 e. The van der Waals surface area contributed by atoms with E-state index in [9.17, 15) is 9.59 Å². The van der Waals surface area contributed by atoms with Crippen LogP contribution in [-0.4, -0.2) is 54.3 Å². The van der Waals surface area contributed by atoms with Gasteiger partial charge in [0.2, 0.25) is 0 Å². The van der Waals surface area contributed by atoms with Crippen molar-refractivity contribution in [3.8, 4) is 5.75 Å². The number of carboxylic acids is 1. The number of carbonyl (C=O) groups is 2. The SMILES string of the molecule is Cc1ccc(OCC(=O)N2CCO[C@@H](C(=O)O)C2)cc1C. The van der Waals surface area contributed by atoms with Gasteiger partial charge in [0.1, 0.15) is 5.75 Å². The van der Waals surface area contributed by atoms with Crippen LogP contribution in [0.15, 0.2) is 18.2 Å². The van der Waals surface area contributed by atoms with Gasteiger partial charge in [0.25, 0.3) is 5.91 Å². The molecule has 1 atom stereocenters. The van der Waals surface area contributed by atoms with Crippen molar-refractivity contribution in [2.24, 2.45) is 0 Å². The van der Waals surface area contributed by atoms with Crippen LogP contribution < -0.4 is 4.74 Å². The van der Waals surface area contributed by atoms with Gasteiger partial charge in [0, 0.05) is 6.54 Å². The lowest BCUT2D eigenvalue weighted by Crippen LogP contribution is -2.49. The normalized spacial score (nSPS) is 18.4. The van der Waals surface area contributed by atoms with E-state index in [0.717, 1.165) is 11.1 Å². The van der Waals surface area contributed by atoms with E-state index in [1.807, 2.05) is 32.0 Å². The highest BCUT2D eigenvalue weighted by Gasteiger charge is 2.28. The molecule has 1 aromatic rings. The minimum atomic E-state index is -1.05. The number of benzene rings is 1. The van der Waals surface area contributed by atoms with Gasteiger partial charge >= 0.3 is 5.97 Å². The lowest BCUT2D eigenvalue weighted by molar-refractivity contribution is -0.159. The van der Waals surface area contributed by atoms with Gasteiger partial charge in [-0.3, -0.25) is 4.79 Å². The van der Waals surface area contributed by atoms with Crippen LogP contribution in [0.5, 0.6) is 5.75 Å². The molecular weight excluding hydrogens is 274 g/mol. The third kappa shape index (κ3) is 3.95. The first-order valence-electron chi connectivity index (χ1n) is 6.79. The molecule has 0 aliphatic carbocycles. The Morgan fingerprint density at radius 1 is 1.38 bits per heavy atom. The van der Waals surface area contributed by atoms with Crippen molar-refractivity contribution in [1.29, 1.82) is 0 Å². The minimum absolute atomic E-state index is 0.0600. The molecule has 1 fully saturated rings. The van der Waals surface area contributed by atoms with Crippen LogP contribution >= 0.6 is 0 Å². The Labute approximate surface area is 123 Å². The van der Waals surface area contributed by atoms with Crippen LogP contribution in [0.2, 0.25) is 0 Å². The summed E-state index contributed by atoms with van der Waals surface area (Å²) in [6.07, 6.45) is -0.954. The van der Waals surface area contributed by atoms with Crippen molar-refractivity contribution in [3.63, 3.8) is 0 Å². The zero-order chi connectivity index (χ0) is 15.4. The molecule has 2 rings (SSSR count). The van der Waals surface area contributed by atoms with Crippen molar-refractivity contribution < 1.29 is 24.2 Å². The largest absolute Gasteiger partial charge is 0.484 e. The van der Waals surface area contributed by atoms with E-state index in [-0.39, 0.29) is 25.7 Å². The summed E-state index contributed by atoms with van der Waals surface area (Å²) in [4.78, 5) is 24.4. The number of carboxylic acid groups (broad SMARTS) is 1. The number of amides is 1. The molecular formula is C15H19NO5. The van der Waals surface area contributed by atoms with E-state index in [1.165, 1.54) is 4.90 Å². The molecule has 114 valence electrons. The smallest absolute Gasteiger partial charge is 0.334 e. The Morgan fingerprint density at radius 3 is 2.81 bits per heavy atom. The maximum atomic E-state index is 12.0. The number of rotatable bonds is 4. The fourth-order valence-corrected chi connectivity index (χ4v) is 2.07. The molecule has 0 aromatic heterocycles. The summed E-state index contributed by atoms with van der Waals surface area (Å²) in [5, 5.41) is 8.91. The van der Waals surface area contributed by atoms with Gasteiger partial charge in [-0.05, 0) is 37.1 Å². The summed E-state index contributed by atoms with van der Waals surface area (Å²) < 4.78 is 10.6. The standard InChI is InChI=1S/C15H19NO5/c1-10-3-4-12(7-11(10)2)21-9-14(17)16-5-6-20-13(8-16)15(18)19/h3-4,7,13H,5-6,8-9H2,1-2H3,(H,18,19)/t13-/m1/s1. The summed E-state index contributed by atoms with van der Waals surface area (Å²) in [6.45, 7) is 4.55. The number of hydrogen-bond acceptors (Lipinski definition) is 4. The van der Waals surface area contributed by atoms with Gasteiger partial charge in [-0.1, -0.05) is 6.07 Å². The second-order valence-corrected chi connectivity index (χ2v) is 5.07. The first-order valence-corrected chi connectivity index (χ1v) is 6.79. The molecule has 0 saturated carbocycles. The van der Waals surface area contributed by atoms with Crippen LogP contribution in [-0.2, 0) is 14.3 Å². The summed E-state index contributed by atoms with van der Waals surface area (Å²) in [5.74, 6) is -0.653. The molecule has 6 heteroatoms. The van der Waals surface area contributed by atoms with Crippen molar-refractivity contribution >= 4 is 11.9 Å². The van der Waals surface area contributed by atoms with Crippen molar-refractivity contribution in [2.75, 3.05) is 26.3 Å². The fraction of sp³-hybridized carbons (Fsp3) is 0.467. The van der Waals surface area contributed by atoms with Gasteiger partial charge in [-0.15, -0.1) is 0 Å². The van der Waals surface area contributed by atoms with Gasteiger partial charge in [0.05, 0.1) is 13.2 Å². The Balaban J connectivity index is 1.89. The van der Waals surface area contributed by atoms with Crippen molar-refractivity contribution in [3.05, 3.63) is 29.3 Å². The number of nitrogens with zero attached hydrogens (tertiary/aromatic N) is 1. The van der Waals surface area contributed by atoms with E-state index in [2.05, 4.69) is 0 Å². The zero-order valence-electron chi connectivity index (χ0n) is 12.2. The van der Waals surface area contributed by atoms with Crippen LogP contribution in [0, 0.1) is 13.8 Å². The van der Waals surface area contributed by atoms with E-state index in [0.29, 0.717) is 12.3 Å². The molecule has 0 radical (unpaired) electrons. The molecule has 1 amide bonds. The average Bonchev–Trinajstić information content (AvgIpc) is 2.48. The first-order chi connectivity index (χ1) is 9.97. The number of carbonyl (C=O) groups excluding carboxylic acids is 1. The predicted molar refractivity (Wildman–Crippen MR) is 75.4 cm³/mol. The van der Waals surface area contributed by atoms with Crippen LogP contribution in [0.1, 0.15) is 11.1 Å². The number of aryl methyl sites for hydroxylation is 2. The average molecular weight is 293 g/mol. The van der Waals surface area contributed by atoms with Crippen LogP contribution in [0.25, 0.3) is 0 Å². The molecule has 1 aliphatic heterocycles. The zero-order valence-corrected chi connectivity index (χ0v) is 12.2. The highest BCUT2D eigenvalue weighted by atomic mass is 16.5. The van der Waals surface area contributed by atoms with Gasteiger partial charge < -0.3 is 19.5 Å². The maximum Gasteiger partial charge on any atom is 0.334 e. The molecule has 1 saturated heterocycles. The van der Waals surface area contributed by atoms with Gasteiger partial charge in [-0.2, -0.15) is 0 Å². The Morgan fingerprint density at radius 2 is 2.14 bits per heavy atom. The second-order valence-electron chi connectivity index (χ2n) is 5.07. The van der Waals surface area contributed by atoms with Crippen LogP contribution in [0.4, 0.5) is 0 Å². The van der Waals surface area contributed by atoms with E-state index in [4.69, 9.17) is 14.6 Å². The lowest BCUT2D eigenvalue weighted by Gasteiger charge is -2.30. The van der Waals surface area contributed by atoms with E-state index < -0.39 is 12.1 Å². The highest BCUT2D eigenvalue weighted by molar-refractivity contribution is 5.79. The Hall–Kier alpha value is -2.08. The summed E-state index contributed by atoms with van der Waals surface area (Å²) in [6, 6.07) is 5.63. The molecule has 21 heavy (non-hydrogen) atoms. The fourth-order valence-electron chi connectivity index (χ4n) is 2.07. The van der Waals surface area contributed by atoms with E-state index >= 15 is 0 Å². The first kappa shape index (κ1) is 15.3. The monoisotopic (exact) mass is 293 g/mol. The molecule has 6 nitrogen and oxygen atoms in total. The summed E-state index contributed by atoms with van der Waals surface area (Å²) in [5.41, 5.74) is 2.25. The lowest BCUT2D eigenvalue weighted by atomic mass is 10.1. The number of morpholine rings is 1. The topological polar surface area (TPSA) is 76.1 Å². The highest BCUT2D eigenvalue weighted by Crippen LogP contribution is 2.16. The summed E-state index contributed by atoms with van der Waals surface area (Å²) >= 11 is 0. The third-order valence-corrected chi connectivity index (χ3v) is 3.54. The van der Waals surface area contributed by atoms with Crippen molar-refractivity contribution in [1.82, 2.24) is 4.90 Å². The number of aliphatic carboxylic acids is 1. The molecule has 0 unspecified atom stereocenters. The molecule has 0 spiro atoms. The molecule has 1 N–H and O–H groups in total. The van der Waals surface area contributed by atoms with Gasteiger partial charge in [0.15, 0.2) is 12.7 Å². The summed E-state index contributed by atoms with van der Waals surface area (Å²) in [7, 11) is 0. The van der Waals surface area contributed by atoms with Crippen LogP contribution in [0.3, 0.4) is 0 Å². The second kappa shape index (κ2) is 6.58. The quantitative estimate of drug-likeness (QED) is 0.896. The number of hydrogen-bond donors (Lipinski definition) is 1. The van der Waals surface area contributed by atoms with Gasteiger partial charge in [-0.25, -0.2) is 4.79 Å². The molecule has 1 heterocycles. The number of ether oxygens (including phenoxy) is 2. The third-order valence-electron chi connectivity index (χ3n) is 3.54. The Kier molecular flexibility index (Phi) is 4.80. The molecule has 1 aromatic carbocycles. The van der Waals surface area contributed by atoms with Crippen molar-refractivity contribution in [2.45, 2.75) is 20.0 Å². The van der Waals surface area contributed by atoms with E-state index in [1.54, 1.807) is 0 Å².